The monoisotopic (exact) mass is 176 g/mol. The summed E-state index contributed by atoms with van der Waals surface area (Å²) < 4.78 is 1.87. The Morgan fingerprint density at radius 3 is 3.00 bits per heavy atom. The van der Waals surface area contributed by atoms with E-state index in [0.29, 0.717) is 17.6 Å². The molecule has 0 amide bonds. The van der Waals surface area contributed by atoms with Gasteiger partial charge in [-0.3, -0.25) is 4.68 Å². The summed E-state index contributed by atoms with van der Waals surface area (Å²) in [5.74, 6) is 0. The van der Waals surface area contributed by atoms with E-state index >= 15 is 0 Å². The molecule has 2 atom stereocenters. The second-order valence-corrected chi connectivity index (χ2v) is 3.55. The van der Waals surface area contributed by atoms with Gasteiger partial charge in [0.05, 0.1) is 17.8 Å². The van der Waals surface area contributed by atoms with Crippen LogP contribution in [0.15, 0.2) is 12.4 Å². The van der Waals surface area contributed by atoms with Gasteiger partial charge in [0.15, 0.2) is 0 Å². The van der Waals surface area contributed by atoms with Gasteiger partial charge < -0.3 is 5.73 Å². The van der Waals surface area contributed by atoms with Crippen molar-refractivity contribution in [1.29, 1.82) is 5.26 Å². The second kappa shape index (κ2) is 3.19. The van der Waals surface area contributed by atoms with E-state index in [4.69, 9.17) is 11.0 Å². The third-order valence-corrected chi connectivity index (χ3v) is 2.55. The first-order chi connectivity index (χ1) is 6.29. The Bertz CT molecular complexity index is 336. The molecule has 0 aliphatic heterocycles. The third kappa shape index (κ3) is 1.56. The van der Waals surface area contributed by atoms with Crippen molar-refractivity contribution < 1.29 is 0 Å². The number of aromatic nitrogens is 2. The van der Waals surface area contributed by atoms with Gasteiger partial charge in [-0.05, 0) is 19.3 Å². The lowest BCUT2D eigenvalue weighted by Gasteiger charge is -2.08. The summed E-state index contributed by atoms with van der Waals surface area (Å²) in [6, 6.07) is 2.77. The lowest BCUT2D eigenvalue weighted by atomic mass is 10.2. The van der Waals surface area contributed by atoms with E-state index in [0.717, 1.165) is 19.3 Å². The van der Waals surface area contributed by atoms with Gasteiger partial charge in [0.1, 0.15) is 6.07 Å². The standard InChI is InChI=1S/C9H12N4/c10-4-7-5-12-13(6-7)9-2-1-8(11)3-9/h5-6,8-9H,1-3,11H2. The van der Waals surface area contributed by atoms with Crippen molar-refractivity contribution >= 4 is 0 Å². The highest BCUT2D eigenvalue weighted by Gasteiger charge is 2.23. The maximum atomic E-state index is 8.62. The summed E-state index contributed by atoms with van der Waals surface area (Å²) in [7, 11) is 0. The highest BCUT2D eigenvalue weighted by molar-refractivity contribution is 5.21. The van der Waals surface area contributed by atoms with Crippen molar-refractivity contribution in [2.24, 2.45) is 5.73 Å². The average molecular weight is 176 g/mol. The van der Waals surface area contributed by atoms with Crippen LogP contribution < -0.4 is 5.73 Å². The molecule has 0 bridgehead atoms. The fourth-order valence-electron chi connectivity index (χ4n) is 1.83. The van der Waals surface area contributed by atoms with Gasteiger partial charge in [-0.1, -0.05) is 0 Å². The zero-order chi connectivity index (χ0) is 9.26. The van der Waals surface area contributed by atoms with E-state index in [-0.39, 0.29) is 0 Å². The minimum absolute atomic E-state index is 0.305. The van der Waals surface area contributed by atoms with Gasteiger partial charge in [-0.25, -0.2) is 0 Å². The van der Waals surface area contributed by atoms with Gasteiger partial charge in [-0.15, -0.1) is 0 Å². The van der Waals surface area contributed by atoms with E-state index in [1.165, 1.54) is 0 Å². The molecule has 2 N–H and O–H groups in total. The molecule has 1 saturated carbocycles. The Morgan fingerprint density at radius 2 is 2.46 bits per heavy atom. The summed E-state index contributed by atoms with van der Waals surface area (Å²) in [6.07, 6.45) is 6.51. The average Bonchev–Trinajstić information content (AvgIpc) is 2.71. The predicted octanol–water partition coefficient (Wildman–Crippen LogP) is 0.807. The van der Waals surface area contributed by atoms with Gasteiger partial charge in [-0.2, -0.15) is 10.4 Å². The largest absolute Gasteiger partial charge is 0.328 e. The van der Waals surface area contributed by atoms with Crippen LogP contribution in [0.3, 0.4) is 0 Å². The van der Waals surface area contributed by atoms with Gasteiger partial charge in [0.25, 0.3) is 0 Å². The molecule has 2 unspecified atom stereocenters. The SMILES string of the molecule is N#Cc1cnn(C2CCC(N)C2)c1. The Balaban J connectivity index is 2.13. The molecular weight excluding hydrogens is 164 g/mol. The molecule has 1 aromatic rings. The summed E-state index contributed by atoms with van der Waals surface area (Å²) in [6.45, 7) is 0. The molecule has 0 saturated heterocycles. The molecule has 4 nitrogen and oxygen atoms in total. The van der Waals surface area contributed by atoms with E-state index in [9.17, 15) is 0 Å². The van der Waals surface area contributed by atoms with Gasteiger partial charge in [0, 0.05) is 12.2 Å². The van der Waals surface area contributed by atoms with Crippen molar-refractivity contribution in [3.8, 4) is 6.07 Å². The van der Waals surface area contributed by atoms with E-state index < -0.39 is 0 Å². The maximum Gasteiger partial charge on any atom is 0.102 e. The van der Waals surface area contributed by atoms with Crippen molar-refractivity contribution in [3.63, 3.8) is 0 Å². The molecule has 1 aliphatic rings. The summed E-state index contributed by atoms with van der Waals surface area (Å²) in [5.41, 5.74) is 6.42. The molecule has 1 aromatic heterocycles. The normalized spacial score (nSPS) is 27.4. The van der Waals surface area contributed by atoms with Crippen molar-refractivity contribution in [3.05, 3.63) is 18.0 Å². The molecule has 2 rings (SSSR count). The summed E-state index contributed by atoms with van der Waals surface area (Å²) >= 11 is 0. The lowest BCUT2D eigenvalue weighted by molar-refractivity contribution is 0.460. The van der Waals surface area contributed by atoms with Crippen LogP contribution in [0, 0.1) is 11.3 Å². The first-order valence-corrected chi connectivity index (χ1v) is 4.49. The van der Waals surface area contributed by atoms with E-state index in [1.807, 2.05) is 4.68 Å². The lowest BCUT2D eigenvalue weighted by Crippen LogP contribution is -2.16. The molecule has 1 aliphatic carbocycles. The zero-order valence-electron chi connectivity index (χ0n) is 7.35. The number of rotatable bonds is 1. The Kier molecular flexibility index (Phi) is 2.03. The molecule has 4 heteroatoms. The topological polar surface area (TPSA) is 67.6 Å². The molecule has 0 spiro atoms. The van der Waals surface area contributed by atoms with Crippen LogP contribution in [0.1, 0.15) is 30.9 Å². The first kappa shape index (κ1) is 8.27. The molecule has 68 valence electrons. The van der Waals surface area contributed by atoms with Crippen LogP contribution in [0.2, 0.25) is 0 Å². The van der Waals surface area contributed by atoms with E-state index in [1.54, 1.807) is 12.4 Å². The molecular formula is C9H12N4. The van der Waals surface area contributed by atoms with Crippen LogP contribution in [0.4, 0.5) is 0 Å². The molecule has 0 radical (unpaired) electrons. The first-order valence-electron chi connectivity index (χ1n) is 4.49. The van der Waals surface area contributed by atoms with Gasteiger partial charge in [0.2, 0.25) is 0 Å². The van der Waals surface area contributed by atoms with Crippen molar-refractivity contribution in [2.45, 2.75) is 31.3 Å². The van der Waals surface area contributed by atoms with Gasteiger partial charge >= 0.3 is 0 Å². The maximum absolute atomic E-state index is 8.62. The second-order valence-electron chi connectivity index (χ2n) is 3.55. The molecule has 0 aromatic carbocycles. The minimum atomic E-state index is 0.305. The van der Waals surface area contributed by atoms with Crippen LogP contribution in [-0.2, 0) is 0 Å². The van der Waals surface area contributed by atoms with Crippen molar-refractivity contribution in [2.75, 3.05) is 0 Å². The molecule has 1 fully saturated rings. The molecule has 13 heavy (non-hydrogen) atoms. The van der Waals surface area contributed by atoms with Crippen LogP contribution in [-0.4, -0.2) is 15.8 Å². The summed E-state index contributed by atoms with van der Waals surface area (Å²) in [5, 5.41) is 12.8. The smallest absolute Gasteiger partial charge is 0.102 e. The highest BCUT2D eigenvalue weighted by Crippen LogP contribution is 2.28. The number of hydrogen-bond acceptors (Lipinski definition) is 3. The Labute approximate surface area is 77.0 Å². The van der Waals surface area contributed by atoms with Crippen LogP contribution >= 0.6 is 0 Å². The van der Waals surface area contributed by atoms with Crippen LogP contribution in [0.25, 0.3) is 0 Å². The number of nitriles is 1. The Hall–Kier alpha value is -1.34. The number of hydrogen-bond donors (Lipinski definition) is 1. The highest BCUT2D eigenvalue weighted by atomic mass is 15.3. The Morgan fingerprint density at radius 1 is 1.62 bits per heavy atom. The number of nitrogens with zero attached hydrogens (tertiary/aromatic N) is 3. The van der Waals surface area contributed by atoms with Crippen molar-refractivity contribution in [1.82, 2.24) is 9.78 Å². The quantitative estimate of drug-likeness (QED) is 0.688. The number of nitrogens with two attached hydrogens (primary N) is 1. The molecule has 1 heterocycles. The summed E-state index contributed by atoms with van der Waals surface area (Å²) in [4.78, 5) is 0. The zero-order valence-corrected chi connectivity index (χ0v) is 7.35. The third-order valence-electron chi connectivity index (χ3n) is 2.55. The minimum Gasteiger partial charge on any atom is -0.328 e. The fraction of sp³-hybridized carbons (Fsp3) is 0.556. The van der Waals surface area contributed by atoms with Crippen LogP contribution in [0.5, 0.6) is 0 Å². The predicted molar refractivity (Wildman–Crippen MR) is 47.8 cm³/mol. The van der Waals surface area contributed by atoms with E-state index in [2.05, 4.69) is 11.2 Å². The fourth-order valence-corrected chi connectivity index (χ4v) is 1.83.